The lowest BCUT2D eigenvalue weighted by atomic mass is 9.94. The summed E-state index contributed by atoms with van der Waals surface area (Å²) in [7, 11) is 0. The number of hydrogen-bond acceptors (Lipinski definition) is 8. The van der Waals surface area contributed by atoms with Crippen LogP contribution in [-0.2, 0) is 9.47 Å². The zero-order valence-electron chi connectivity index (χ0n) is 25.0. The van der Waals surface area contributed by atoms with Gasteiger partial charge < -0.3 is 14.4 Å². The minimum atomic E-state index is -0.821. The van der Waals surface area contributed by atoms with E-state index in [1.807, 2.05) is 6.07 Å². The molecule has 2 aromatic heterocycles. The van der Waals surface area contributed by atoms with Crippen LogP contribution in [0, 0.1) is 23.0 Å². The number of fused-ring (bicyclic) bond motifs is 2. The molecule has 0 bridgehead atoms. The third kappa shape index (κ3) is 6.12. The molecule has 2 amide bonds. The number of thiophene rings is 1. The molecule has 1 saturated heterocycles. The van der Waals surface area contributed by atoms with E-state index in [2.05, 4.69) is 15.3 Å². The van der Waals surface area contributed by atoms with Gasteiger partial charge in [0, 0.05) is 35.3 Å². The molecule has 9 nitrogen and oxygen atoms in total. The van der Waals surface area contributed by atoms with Crippen LogP contribution in [-0.4, -0.2) is 51.3 Å². The molecule has 1 unspecified atom stereocenters. The molecular formula is C31H30ClF2N5O4S. The van der Waals surface area contributed by atoms with Crippen LogP contribution >= 0.6 is 22.9 Å². The molecule has 13 heteroatoms. The molecule has 5 rings (SSSR count). The molecule has 2 aromatic carbocycles. The van der Waals surface area contributed by atoms with E-state index in [9.17, 15) is 14.9 Å². The second kappa shape index (κ2) is 11.4. The van der Waals surface area contributed by atoms with Gasteiger partial charge in [-0.05, 0) is 65.7 Å². The maximum absolute atomic E-state index is 16.4. The SMILES string of the molecule is CC(C)(C)OC(=O)Nc1sc2c(F)ccc(-c3c(Cl)cc4c(C5CCN(C(=O)OC(C)(C)C)C5)ncnc4c3F)c2c1C#N. The van der Waals surface area contributed by atoms with Gasteiger partial charge in [-0.1, -0.05) is 17.7 Å². The summed E-state index contributed by atoms with van der Waals surface area (Å²) in [5.41, 5.74) is -0.896. The molecule has 1 aliphatic rings. The number of nitrogens with zero attached hydrogens (tertiary/aromatic N) is 4. The Balaban J connectivity index is 1.58. The van der Waals surface area contributed by atoms with E-state index in [1.165, 1.54) is 12.4 Å². The Bertz CT molecular complexity index is 1860. The third-order valence-electron chi connectivity index (χ3n) is 6.87. The van der Waals surface area contributed by atoms with Crippen molar-refractivity contribution in [3.8, 4) is 17.2 Å². The van der Waals surface area contributed by atoms with Crippen LogP contribution in [0.15, 0.2) is 24.5 Å². The average molecular weight is 642 g/mol. The van der Waals surface area contributed by atoms with Crippen LogP contribution in [0.1, 0.15) is 65.1 Å². The first-order valence-electron chi connectivity index (χ1n) is 13.8. The number of carbonyl (C=O) groups excluding carboxylic acids is 2. The summed E-state index contributed by atoms with van der Waals surface area (Å²) in [6.45, 7) is 11.2. The van der Waals surface area contributed by atoms with Crippen molar-refractivity contribution in [2.45, 2.75) is 65.1 Å². The van der Waals surface area contributed by atoms with Gasteiger partial charge in [-0.15, -0.1) is 11.3 Å². The van der Waals surface area contributed by atoms with E-state index in [4.69, 9.17) is 21.1 Å². The Morgan fingerprint density at radius 1 is 1.14 bits per heavy atom. The highest BCUT2D eigenvalue weighted by Gasteiger charge is 2.33. The number of halogens is 3. The lowest BCUT2D eigenvalue weighted by molar-refractivity contribution is 0.0292. The standard InChI is InChI=1S/C31H30ClF2N5O4S/c1-30(2,3)42-28(40)38-27-18(12-35)21-16(7-8-20(33)26(21)44-27)22-19(32)11-17-24(36-14-37-25(17)23(22)34)15-9-10-39(13-15)29(41)43-31(4,5)6/h7-8,11,14-15H,9-10,13H2,1-6H3,(H,38,40). The van der Waals surface area contributed by atoms with Crippen LogP contribution in [0.2, 0.25) is 5.02 Å². The van der Waals surface area contributed by atoms with Crippen molar-refractivity contribution >= 4 is 61.1 Å². The van der Waals surface area contributed by atoms with Gasteiger partial charge in [0.1, 0.15) is 39.9 Å². The maximum Gasteiger partial charge on any atom is 0.412 e. The van der Waals surface area contributed by atoms with Gasteiger partial charge in [0.15, 0.2) is 5.82 Å². The molecule has 0 radical (unpaired) electrons. The molecule has 0 spiro atoms. The summed E-state index contributed by atoms with van der Waals surface area (Å²) in [5.74, 6) is -1.64. The van der Waals surface area contributed by atoms with Gasteiger partial charge in [-0.2, -0.15) is 5.26 Å². The van der Waals surface area contributed by atoms with Crippen LogP contribution in [0.4, 0.5) is 23.4 Å². The quantitative estimate of drug-likeness (QED) is 0.239. The van der Waals surface area contributed by atoms with E-state index in [0.29, 0.717) is 30.6 Å². The molecule has 1 N–H and O–H groups in total. The lowest BCUT2D eigenvalue weighted by Crippen LogP contribution is -2.35. The van der Waals surface area contributed by atoms with Gasteiger partial charge >= 0.3 is 12.2 Å². The van der Waals surface area contributed by atoms with Gasteiger partial charge in [0.05, 0.1) is 21.0 Å². The number of benzene rings is 2. The summed E-state index contributed by atoms with van der Waals surface area (Å²) in [5, 5.41) is 13.1. The molecule has 0 aliphatic carbocycles. The molecule has 1 fully saturated rings. The van der Waals surface area contributed by atoms with Crippen LogP contribution in [0.3, 0.4) is 0 Å². The number of ether oxygens (including phenoxy) is 2. The lowest BCUT2D eigenvalue weighted by Gasteiger charge is -2.24. The normalized spacial score (nSPS) is 15.5. The largest absolute Gasteiger partial charge is 0.444 e. The highest BCUT2D eigenvalue weighted by Crippen LogP contribution is 2.46. The molecule has 1 atom stereocenters. The minimum absolute atomic E-state index is 0.00213. The highest BCUT2D eigenvalue weighted by molar-refractivity contribution is 7.23. The number of rotatable bonds is 3. The number of aromatic nitrogens is 2. The average Bonchev–Trinajstić information content (AvgIpc) is 3.53. The summed E-state index contributed by atoms with van der Waals surface area (Å²) in [4.78, 5) is 35.3. The fourth-order valence-electron chi connectivity index (χ4n) is 5.17. The van der Waals surface area contributed by atoms with Crippen molar-refractivity contribution in [3.63, 3.8) is 0 Å². The second-order valence-electron chi connectivity index (χ2n) is 12.5. The summed E-state index contributed by atoms with van der Waals surface area (Å²) < 4.78 is 42.3. The highest BCUT2D eigenvalue weighted by atomic mass is 35.5. The van der Waals surface area contributed by atoms with Crippen LogP contribution < -0.4 is 5.32 Å². The number of anilines is 1. The summed E-state index contributed by atoms with van der Waals surface area (Å²) in [6, 6.07) is 6.06. The molecule has 3 heterocycles. The molecule has 230 valence electrons. The number of amides is 2. The van der Waals surface area contributed by atoms with Crippen molar-refractivity contribution < 1.29 is 27.8 Å². The Morgan fingerprint density at radius 2 is 1.84 bits per heavy atom. The van der Waals surface area contributed by atoms with Gasteiger partial charge in [-0.3, -0.25) is 5.32 Å². The van der Waals surface area contributed by atoms with Gasteiger partial charge in [0.25, 0.3) is 0 Å². The second-order valence-corrected chi connectivity index (χ2v) is 13.9. The Kier molecular flexibility index (Phi) is 8.16. The Morgan fingerprint density at radius 3 is 2.50 bits per heavy atom. The topological polar surface area (TPSA) is 117 Å². The minimum Gasteiger partial charge on any atom is -0.444 e. The number of hydrogen-bond donors (Lipinski definition) is 1. The van der Waals surface area contributed by atoms with Crippen molar-refractivity contribution in [2.24, 2.45) is 0 Å². The van der Waals surface area contributed by atoms with Crippen molar-refractivity contribution in [2.75, 3.05) is 18.4 Å². The Labute approximate surface area is 261 Å². The predicted octanol–water partition coefficient (Wildman–Crippen LogP) is 8.39. The van der Waals surface area contributed by atoms with Crippen molar-refractivity contribution in [1.82, 2.24) is 14.9 Å². The van der Waals surface area contributed by atoms with Gasteiger partial charge in [-0.25, -0.2) is 28.3 Å². The first kappa shape index (κ1) is 31.3. The molecule has 1 aliphatic heterocycles. The summed E-state index contributed by atoms with van der Waals surface area (Å²) in [6.07, 6.45) is 0.579. The van der Waals surface area contributed by atoms with E-state index >= 15 is 8.78 Å². The third-order valence-corrected chi connectivity index (χ3v) is 8.28. The number of carbonyl (C=O) groups is 2. The van der Waals surface area contributed by atoms with E-state index in [0.717, 1.165) is 17.4 Å². The zero-order chi connectivity index (χ0) is 32.1. The van der Waals surface area contributed by atoms with Crippen LogP contribution in [0.25, 0.3) is 32.1 Å². The zero-order valence-corrected chi connectivity index (χ0v) is 26.5. The first-order chi connectivity index (χ1) is 20.6. The smallest absolute Gasteiger partial charge is 0.412 e. The maximum atomic E-state index is 16.4. The van der Waals surface area contributed by atoms with Crippen LogP contribution in [0.5, 0.6) is 0 Å². The molecular weight excluding hydrogens is 612 g/mol. The summed E-state index contributed by atoms with van der Waals surface area (Å²) >= 11 is 7.57. The fourth-order valence-corrected chi connectivity index (χ4v) is 6.53. The monoisotopic (exact) mass is 641 g/mol. The number of nitrogens with one attached hydrogen (secondary N) is 1. The van der Waals surface area contributed by atoms with Crippen molar-refractivity contribution in [3.05, 3.63) is 52.4 Å². The van der Waals surface area contributed by atoms with E-state index in [-0.39, 0.29) is 48.2 Å². The van der Waals surface area contributed by atoms with Crippen molar-refractivity contribution in [1.29, 1.82) is 5.26 Å². The predicted molar refractivity (Wildman–Crippen MR) is 165 cm³/mol. The molecule has 44 heavy (non-hydrogen) atoms. The number of likely N-dealkylation sites (tertiary alicyclic amines) is 1. The van der Waals surface area contributed by atoms with E-state index in [1.54, 1.807) is 52.5 Å². The van der Waals surface area contributed by atoms with Gasteiger partial charge in [0.2, 0.25) is 0 Å². The number of nitriles is 1. The Hall–Kier alpha value is -4.08. The molecule has 4 aromatic rings. The molecule has 0 saturated carbocycles. The van der Waals surface area contributed by atoms with E-state index < -0.39 is 35.0 Å². The first-order valence-corrected chi connectivity index (χ1v) is 15.0. The fraction of sp³-hybridized carbons (Fsp3) is 0.387.